The molecule has 0 bridgehead atoms. The molecule has 2 nitrogen and oxygen atoms in total. The third kappa shape index (κ3) is 1.04. The summed E-state index contributed by atoms with van der Waals surface area (Å²) in [7, 11) is 2.20. The zero-order valence-corrected chi connectivity index (χ0v) is 8.59. The Morgan fingerprint density at radius 3 is 2.86 bits per heavy atom. The minimum Gasteiger partial charge on any atom is -0.312 e. The van der Waals surface area contributed by atoms with Gasteiger partial charge in [0.2, 0.25) is 0 Å². The van der Waals surface area contributed by atoms with Gasteiger partial charge in [0.25, 0.3) is 0 Å². The first kappa shape index (κ1) is 8.45. The van der Waals surface area contributed by atoms with Crippen molar-refractivity contribution in [2.45, 2.75) is 12.0 Å². The molecule has 0 atom stereocenters. The second-order valence-electron chi connectivity index (χ2n) is 4.71. The monoisotopic (exact) mass is 188 g/mol. The average molecular weight is 188 g/mol. The molecule has 2 aliphatic rings. The third-order valence-electron chi connectivity index (χ3n) is 3.51. The van der Waals surface area contributed by atoms with E-state index in [2.05, 4.69) is 41.5 Å². The van der Waals surface area contributed by atoms with Gasteiger partial charge in [0.15, 0.2) is 0 Å². The molecule has 2 heterocycles. The predicted octanol–water partition coefficient (Wildman–Crippen LogP) is 0.973. The summed E-state index contributed by atoms with van der Waals surface area (Å²) in [6, 6.07) is 8.87. The minimum absolute atomic E-state index is 0.420. The lowest BCUT2D eigenvalue weighted by atomic mass is 9.70. The molecule has 0 aromatic heterocycles. The highest BCUT2D eigenvalue weighted by molar-refractivity contribution is 5.39. The molecule has 0 radical (unpaired) electrons. The zero-order valence-electron chi connectivity index (χ0n) is 8.59. The van der Waals surface area contributed by atoms with Crippen LogP contribution in [-0.2, 0) is 12.0 Å². The van der Waals surface area contributed by atoms with E-state index in [9.17, 15) is 0 Å². The number of hydrogen-bond donors (Lipinski definition) is 1. The normalized spacial score (nSPS) is 24.4. The molecule has 1 saturated heterocycles. The van der Waals surface area contributed by atoms with Gasteiger partial charge in [-0.3, -0.25) is 0 Å². The largest absolute Gasteiger partial charge is 0.312 e. The molecule has 1 spiro atoms. The van der Waals surface area contributed by atoms with Crippen molar-refractivity contribution >= 4 is 0 Å². The molecule has 1 N–H and O–H groups in total. The van der Waals surface area contributed by atoms with E-state index in [1.54, 1.807) is 5.56 Å². The Balaban J connectivity index is 2.04. The van der Waals surface area contributed by atoms with Crippen LogP contribution in [0.5, 0.6) is 0 Å². The number of nitrogens with zero attached hydrogens (tertiary/aromatic N) is 1. The molecule has 3 rings (SSSR count). The number of likely N-dealkylation sites (tertiary alicyclic amines) is 1. The lowest BCUT2D eigenvalue weighted by Crippen LogP contribution is -2.63. The maximum Gasteiger partial charge on any atom is 0.0335 e. The Labute approximate surface area is 84.9 Å². The third-order valence-corrected chi connectivity index (χ3v) is 3.51. The van der Waals surface area contributed by atoms with Crippen molar-refractivity contribution in [3.05, 3.63) is 35.4 Å². The van der Waals surface area contributed by atoms with Crippen LogP contribution >= 0.6 is 0 Å². The number of rotatable bonds is 0. The fourth-order valence-corrected chi connectivity index (χ4v) is 2.99. The van der Waals surface area contributed by atoms with E-state index >= 15 is 0 Å². The van der Waals surface area contributed by atoms with Gasteiger partial charge in [0, 0.05) is 31.6 Å². The van der Waals surface area contributed by atoms with Gasteiger partial charge >= 0.3 is 0 Å². The predicted molar refractivity (Wildman–Crippen MR) is 57.3 cm³/mol. The van der Waals surface area contributed by atoms with Crippen LogP contribution in [0.3, 0.4) is 0 Å². The SMILES string of the molecule is CN1CC2(CNCc3ccccc32)C1. The average Bonchev–Trinajstić information content (AvgIpc) is 2.16. The van der Waals surface area contributed by atoms with E-state index in [-0.39, 0.29) is 0 Å². The van der Waals surface area contributed by atoms with E-state index in [1.807, 2.05) is 0 Å². The molecule has 74 valence electrons. The molecule has 0 amide bonds. The molecule has 1 aromatic carbocycles. The van der Waals surface area contributed by atoms with Crippen molar-refractivity contribution in [2.24, 2.45) is 0 Å². The summed E-state index contributed by atoms with van der Waals surface area (Å²) >= 11 is 0. The molecule has 2 heteroatoms. The Morgan fingerprint density at radius 1 is 1.29 bits per heavy atom. The van der Waals surface area contributed by atoms with Crippen molar-refractivity contribution in [1.82, 2.24) is 10.2 Å². The quantitative estimate of drug-likeness (QED) is 0.652. The second-order valence-corrected chi connectivity index (χ2v) is 4.71. The fraction of sp³-hybridized carbons (Fsp3) is 0.500. The standard InChI is InChI=1S/C12H16N2/c1-14-8-12(9-14)7-13-6-10-4-2-3-5-11(10)12/h2-5,13H,6-9H2,1H3. The highest BCUT2D eigenvalue weighted by atomic mass is 15.2. The van der Waals surface area contributed by atoms with Crippen LogP contribution in [0, 0.1) is 0 Å². The topological polar surface area (TPSA) is 15.3 Å². The van der Waals surface area contributed by atoms with Crippen molar-refractivity contribution in [3.8, 4) is 0 Å². The smallest absolute Gasteiger partial charge is 0.0335 e. The van der Waals surface area contributed by atoms with Crippen LogP contribution in [0.2, 0.25) is 0 Å². The van der Waals surface area contributed by atoms with Gasteiger partial charge < -0.3 is 10.2 Å². The first-order valence-corrected chi connectivity index (χ1v) is 5.28. The lowest BCUT2D eigenvalue weighted by Gasteiger charge is -2.52. The summed E-state index contributed by atoms with van der Waals surface area (Å²) in [6.45, 7) is 4.60. The van der Waals surface area contributed by atoms with Crippen molar-refractivity contribution in [2.75, 3.05) is 26.7 Å². The molecule has 1 fully saturated rings. The van der Waals surface area contributed by atoms with E-state index in [0.29, 0.717) is 5.41 Å². The molecular weight excluding hydrogens is 172 g/mol. The Kier molecular flexibility index (Phi) is 1.70. The molecule has 1 aromatic rings. The van der Waals surface area contributed by atoms with Gasteiger partial charge in [-0.2, -0.15) is 0 Å². The summed E-state index contributed by atoms with van der Waals surface area (Å²) in [4.78, 5) is 2.39. The van der Waals surface area contributed by atoms with Gasteiger partial charge in [0.05, 0.1) is 0 Å². The van der Waals surface area contributed by atoms with Crippen LogP contribution in [0.4, 0.5) is 0 Å². The van der Waals surface area contributed by atoms with E-state index in [1.165, 1.54) is 18.7 Å². The highest BCUT2D eigenvalue weighted by Crippen LogP contribution is 2.37. The number of likely N-dealkylation sites (N-methyl/N-ethyl adjacent to an activating group) is 1. The van der Waals surface area contributed by atoms with Gasteiger partial charge in [-0.25, -0.2) is 0 Å². The Bertz CT molecular complexity index is 353. The van der Waals surface area contributed by atoms with Gasteiger partial charge in [-0.05, 0) is 18.2 Å². The number of benzene rings is 1. The molecule has 14 heavy (non-hydrogen) atoms. The van der Waals surface area contributed by atoms with Crippen LogP contribution in [0.25, 0.3) is 0 Å². The molecule has 0 unspecified atom stereocenters. The molecule has 0 saturated carbocycles. The summed E-state index contributed by atoms with van der Waals surface area (Å²) in [6.07, 6.45) is 0. The van der Waals surface area contributed by atoms with E-state index in [4.69, 9.17) is 0 Å². The number of nitrogens with one attached hydrogen (secondary N) is 1. The molecule has 0 aliphatic carbocycles. The van der Waals surface area contributed by atoms with Gasteiger partial charge in [-0.1, -0.05) is 24.3 Å². The van der Waals surface area contributed by atoms with E-state index in [0.717, 1.165) is 13.1 Å². The van der Waals surface area contributed by atoms with Gasteiger partial charge in [0.1, 0.15) is 0 Å². The van der Waals surface area contributed by atoms with Crippen LogP contribution < -0.4 is 5.32 Å². The molecule has 2 aliphatic heterocycles. The Hall–Kier alpha value is -0.860. The maximum atomic E-state index is 3.53. The number of fused-ring (bicyclic) bond motifs is 2. The second kappa shape index (κ2) is 2.81. The fourth-order valence-electron chi connectivity index (χ4n) is 2.99. The maximum absolute atomic E-state index is 3.53. The van der Waals surface area contributed by atoms with E-state index < -0.39 is 0 Å². The van der Waals surface area contributed by atoms with Crippen molar-refractivity contribution in [3.63, 3.8) is 0 Å². The summed E-state index contributed by atoms with van der Waals surface area (Å²) < 4.78 is 0. The molecular formula is C12H16N2. The van der Waals surface area contributed by atoms with Gasteiger partial charge in [-0.15, -0.1) is 0 Å². The summed E-state index contributed by atoms with van der Waals surface area (Å²) in [5.41, 5.74) is 3.49. The first-order chi connectivity index (χ1) is 6.80. The zero-order chi connectivity index (χ0) is 9.60. The van der Waals surface area contributed by atoms with Crippen LogP contribution in [0.15, 0.2) is 24.3 Å². The minimum atomic E-state index is 0.420. The summed E-state index contributed by atoms with van der Waals surface area (Å²) in [5.74, 6) is 0. The van der Waals surface area contributed by atoms with Crippen molar-refractivity contribution in [1.29, 1.82) is 0 Å². The Morgan fingerprint density at radius 2 is 2.07 bits per heavy atom. The van der Waals surface area contributed by atoms with Crippen LogP contribution in [-0.4, -0.2) is 31.6 Å². The summed E-state index contributed by atoms with van der Waals surface area (Å²) in [5, 5.41) is 3.53. The first-order valence-electron chi connectivity index (χ1n) is 5.28. The highest BCUT2D eigenvalue weighted by Gasteiger charge is 2.44. The van der Waals surface area contributed by atoms with Crippen molar-refractivity contribution < 1.29 is 0 Å². The van der Waals surface area contributed by atoms with Crippen LogP contribution in [0.1, 0.15) is 11.1 Å². The lowest BCUT2D eigenvalue weighted by molar-refractivity contribution is 0.0855. The number of hydrogen-bond acceptors (Lipinski definition) is 2.